The molecule has 7 nitrogen and oxygen atoms in total. The highest BCUT2D eigenvalue weighted by Gasteiger charge is 2.27. The van der Waals surface area contributed by atoms with Gasteiger partial charge in [0.1, 0.15) is 13.2 Å². The Hall–Kier alpha value is -2.93. The van der Waals surface area contributed by atoms with Gasteiger partial charge in [0.05, 0.1) is 20.3 Å². The number of nitrogens with one attached hydrogen (secondary N) is 1. The summed E-state index contributed by atoms with van der Waals surface area (Å²) in [5.74, 6) is 2.77. The molecule has 2 aliphatic heterocycles. The standard InChI is InChI=1S/C22H26N2O5/c1-14(22(25)23-17-4-5-18-21(12-17)29-9-8-28-18)24-7-6-15-10-19(26-2)20(27-3)11-16(15)13-24/h4-5,10-12,14H,6-9,13H2,1-3H3,(H,23,25). The zero-order valence-electron chi connectivity index (χ0n) is 17.0. The predicted molar refractivity (Wildman–Crippen MR) is 109 cm³/mol. The highest BCUT2D eigenvalue weighted by atomic mass is 16.6. The van der Waals surface area contributed by atoms with Crippen LogP contribution < -0.4 is 24.3 Å². The number of carbonyl (C=O) groups excluding carboxylic acids is 1. The third kappa shape index (κ3) is 3.96. The topological polar surface area (TPSA) is 69.3 Å². The van der Waals surface area contributed by atoms with E-state index < -0.39 is 0 Å². The van der Waals surface area contributed by atoms with Crippen LogP contribution in [0.4, 0.5) is 5.69 Å². The van der Waals surface area contributed by atoms with E-state index in [1.165, 1.54) is 5.56 Å². The van der Waals surface area contributed by atoms with E-state index in [1.807, 2.05) is 37.3 Å². The molecule has 1 amide bonds. The molecule has 0 saturated heterocycles. The summed E-state index contributed by atoms with van der Waals surface area (Å²) in [6.45, 7) is 4.48. The van der Waals surface area contributed by atoms with Gasteiger partial charge in [-0.25, -0.2) is 0 Å². The molecule has 2 heterocycles. The van der Waals surface area contributed by atoms with Crippen molar-refractivity contribution in [3.05, 3.63) is 41.5 Å². The average molecular weight is 398 g/mol. The molecule has 2 aromatic carbocycles. The lowest BCUT2D eigenvalue weighted by atomic mass is 9.97. The van der Waals surface area contributed by atoms with E-state index in [4.69, 9.17) is 18.9 Å². The number of hydrogen-bond donors (Lipinski definition) is 1. The Balaban J connectivity index is 1.45. The number of ether oxygens (including phenoxy) is 4. The zero-order valence-corrected chi connectivity index (χ0v) is 17.0. The molecule has 7 heteroatoms. The van der Waals surface area contributed by atoms with Gasteiger partial charge in [0.2, 0.25) is 5.91 Å². The lowest BCUT2D eigenvalue weighted by molar-refractivity contribution is -0.121. The maximum absolute atomic E-state index is 12.8. The minimum Gasteiger partial charge on any atom is -0.493 e. The van der Waals surface area contributed by atoms with Crippen LogP contribution in [-0.4, -0.2) is 50.8 Å². The number of nitrogens with zero attached hydrogens (tertiary/aromatic N) is 1. The van der Waals surface area contributed by atoms with Crippen molar-refractivity contribution in [3.8, 4) is 23.0 Å². The van der Waals surface area contributed by atoms with E-state index in [2.05, 4.69) is 10.2 Å². The number of amides is 1. The van der Waals surface area contributed by atoms with E-state index in [-0.39, 0.29) is 11.9 Å². The Morgan fingerprint density at radius 2 is 1.72 bits per heavy atom. The summed E-state index contributed by atoms with van der Waals surface area (Å²) >= 11 is 0. The first-order valence-electron chi connectivity index (χ1n) is 9.77. The van der Waals surface area contributed by atoms with Crippen LogP contribution in [0.2, 0.25) is 0 Å². The summed E-state index contributed by atoms with van der Waals surface area (Å²) in [5.41, 5.74) is 3.10. The zero-order chi connectivity index (χ0) is 20.4. The van der Waals surface area contributed by atoms with E-state index >= 15 is 0 Å². The van der Waals surface area contributed by atoms with E-state index in [1.54, 1.807) is 14.2 Å². The number of rotatable bonds is 5. The normalized spacial score (nSPS) is 16.5. The fraction of sp³-hybridized carbons (Fsp3) is 0.409. The molecule has 2 aliphatic rings. The molecule has 0 radical (unpaired) electrons. The largest absolute Gasteiger partial charge is 0.493 e. The monoisotopic (exact) mass is 398 g/mol. The lowest BCUT2D eigenvalue weighted by Crippen LogP contribution is -2.44. The molecular weight excluding hydrogens is 372 g/mol. The third-order valence-corrected chi connectivity index (χ3v) is 5.48. The van der Waals surface area contributed by atoms with Crippen molar-refractivity contribution < 1.29 is 23.7 Å². The number of methoxy groups -OCH3 is 2. The summed E-state index contributed by atoms with van der Waals surface area (Å²) in [6, 6.07) is 9.23. The maximum atomic E-state index is 12.8. The highest BCUT2D eigenvalue weighted by molar-refractivity contribution is 5.94. The van der Waals surface area contributed by atoms with Gasteiger partial charge < -0.3 is 24.3 Å². The predicted octanol–water partition coefficient (Wildman–Crippen LogP) is 2.86. The molecule has 2 aromatic rings. The van der Waals surface area contributed by atoms with Gasteiger partial charge in [-0.2, -0.15) is 0 Å². The number of benzene rings is 2. The fourth-order valence-electron chi connectivity index (χ4n) is 3.77. The van der Waals surface area contributed by atoms with Crippen molar-refractivity contribution in [1.82, 2.24) is 4.90 Å². The van der Waals surface area contributed by atoms with Crippen LogP contribution in [0.25, 0.3) is 0 Å². The molecule has 0 fully saturated rings. The van der Waals surface area contributed by atoms with Gasteiger partial charge in [0.15, 0.2) is 23.0 Å². The van der Waals surface area contributed by atoms with Gasteiger partial charge in [-0.3, -0.25) is 9.69 Å². The van der Waals surface area contributed by atoms with Crippen LogP contribution in [-0.2, 0) is 17.8 Å². The lowest BCUT2D eigenvalue weighted by Gasteiger charge is -2.33. The van der Waals surface area contributed by atoms with Gasteiger partial charge in [-0.05, 0) is 48.7 Å². The Labute approximate surface area is 170 Å². The first kappa shape index (κ1) is 19.4. The first-order valence-corrected chi connectivity index (χ1v) is 9.77. The summed E-state index contributed by atoms with van der Waals surface area (Å²) in [7, 11) is 3.28. The van der Waals surface area contributed by atoms with Crippen LogP contribution in [0.1, 0.15) is 18.1 Å². The first-order chi connectivity index (χ1) is 14.1. The minimum atomic E-state index is -0.274. The maximum Gasteiger partial charge on any atom is 0.241 e. The summed E-state index contributed by atoms with van der Waals surface area (Å²) < 4.78 is 21.9. The fourth-order valence-corrected chi connectivity index (χ4v) is 3.77. The molecule has 0 aliphatic carbocycles. The van der Waals surface area contributed by atoms with E-state index in [0.29, 0.717) is 42.7 Å². The molecule has 29 heavy (non-hydrogen) atoms. The summed E-state index contributed by atoms with van der Waals surface area (Å²) in [6.07, 6.45) is 0.858. The number of hydrogen-bond acceptors (Lipinski definition) is 6. The molecular formula is C22H26N2O5. The third-order valence-electron chi connectivity index (χ3n) is 5.48. The van der Waals surface area contributed by atoms with E-state index in [9.17, 15) is 4.79 Å². The molecule has 0 bridgehead atoms. The molecule has 1 unspecified atom stereocenters. The van der Waals surface area contributed by atoms with E-state index in [0.717, 1.165) is 24.3 Å². The van der Waals surface area contributed by atoms with Crippen LogP contribution in [0.3, 0.4) is 0 Å². The highest BCUT2D eigenvalue weighted by Crippen LogP contribution is 2.34. The van der Waals surface area contributed by atoms with Crippen molar-refractivity contribution in [1.29, 1.82) is 0 Å². The second-order valence-electron chi connectivity index (χ2n) is 7.22. The molecule has 0 spiro atoms. The smallest absolute Gasteiger partial charge is 0.241 e. The molecule has 0 aromatic heterocycles. The summed E-state index contributed by atoms with van der Waals surface area (Å²) in [5, 5.41) is 2.99. The summed E-state index contributed by atoms with van der Waals surface area (Å²) in [4.78, 5) is 15.0. The second kappa shape index (κ2) is 8.21. The van der Waals surface area contributed by atoms with Crippen molar-refractivity contribution in [2.75, 3.05) is 39.3 Å². The molecule has 1 N–H and O–H groups in total. The molecule has 154 valence electrons. The quantitative estimate of drug-likeness (QED) is 0.835. The molecule has 4 rings (SSSR count). The Kier molecular flexibility index (Phi) is 5.49. The van der Waals surface area contributed by atoms with Gasteiger partial charge in [-0.1, -0.05) is 0 Å². The van der Waals surface area contributed by atoms with Crippen LogP contribution >= 0.6 is 0 Å². The minimum absolute atomic E-state index is 0.0504. The van der Waals surface area contributed by atoms with Crippen molar-refractivity contribution in [2.45, 2.75) is 25.9 Å². The van der Waals surface area contributed by atoms with Gasteiger partial charge >= 0.3 is 0 Å². The van der Waals surface area contributed by atoms with Gasteiger partial charge in [-0.15, -0.1) is 0 Å². The second-order valence-corrected chi connectivity index (χ2v) is 7.22. The average Bonchev–Trinajstić information content (AvgIpc) is 2.77. The Bertz CT molecular complexity index is 914. The molecule has 0 saturated carbocycles. The van der Waals surface area contributed by atoms with Crippen molar-refractivity contribution in [3.63, 3.8) is 0 Å². The Morgan fingerprint density at radius 1 is 1.03 bits per heavy atom. The molecule has 1 atom stereocenters. The number of carbonyl (C=O) groups is 1. The SMILES string of the molecule is COc1cc2c(cc1OC)CN(C(C)C(=O)Nc1ccc3c(c1)OCCO3)CC2. The van der Waals surface area contributed by atoms with Crippen LogP contribution in [0.5, 0.6) is 23.0 Å². The van der Waals surface area contributed by atoms with Gasteiger partial charge in [0.25, 0.3) is 0 Å². The van der Waals surface area contributed by atoms with Crippen molar-refractivity contribution >= 4 is 11.6 Å². The van der Waals surface area contributed by atoms with Crippen molar-refractivity contribution in [2.24, 2.45) is 0 Å². The van der Waals surface area contributed by atoms with Gasteiger partial charge in [0, 0.05) is 24.8 Å². The Morgan fingerprint density at radius 3 is 2.45 bits per heavy atom. The number of fused-ring (bicyclic) bond motifs is 2. The van der Waals surface area contributed by atoms with Crippen LogP contribution in [0.15, 0.2) is 30.3 Å². The number of anilines is 1. The van der Waals surface area contributed by atoms with Crippen LogP contribution in [0, 0.1) is 0 Å².